The van der Waals surface area contributed by atoms with Gasteiger partial charge in [0.15, 0.2) is 0 Å². The summed E-state index contributed by atoms with van der Waals surface area (Å²) in [6.45, 7) is 4.95. The third kappa shape index (κ3) is 4.63. The molecule has 0 saturated carbocycles. The SMILES string of the molecule is CN1CCN(Cc2cccc(C(=O)Nc3cnccc3CO)c2)CC1. The molecule has 1 aromatic carbocycles. The van der Waals surface area contributed by atoms with Crippen LogP contribution in [-0.2, 0) is 13.2 Å². The molecule has 0 atom stereocenters. The summed E-state index contributed by atoms with van der Waals surface area (Å²) < 4.78 is 0. The van der Waals surface area contributed by atoms with E-state index in [2.05, 4.69) is 33.2 Å². The highest BCUT2D eigenvalue weighted by Crippen LogP contribution is 2.16. The average Bonchev–Trinajstić information content (AvgIpc) is 2.64. The van der Waals surface area contributed by atoms with E-state index in [-0.39, 0.29) is 12.5 Å². The minimum Gasteiger partial charge on any atom is -0.392 e. The summed E-state index contributed by atoms with van der Waals surface area (Å²) in [7, 11) is 2.14. The van der Waals surface area contributed by atoms with E-state index in [1.165, 1.54) is 0 Å². The van der Waals surface area contributed by atoms with Gasteiger partial charge in [-0.15, -0.1) is 0 Å². The van der Waals surface area contributed by atoms with Crippen LogP contribution in [0, 0.1) is 0 Å². The number of carbonyl (C=O) groups excluding carboxylic acids is 1. The lowest BCUT2D eigenvalue weighted by atomic mass is 10.1. The predicted molar refractivity (Wildman–Crippen MR) is 97.3 cm³/mol. The Labute approximate surface area is 148 Å². The van der Waals surface area contributed by atoms with E-state index in [0.29, 0.717) is 16.8 Å². The summed E-state index contributed by atoms with van der Waals surface area (Å²) >= 11 is 0. The summed E-state index contributed by atoms with van der Waals surface area (Å²) in [5.41, 5.74) is 2.93. The molecule has 6 nitrogen and oxygen atoms in total. The molecule has 1 aromatic heterocycles. The topological polar surface area (TPSA) is 68.7 Å². The van der Waals surface area contributed by atoms with Crippen LogP contribution in [0.3, 0.4) is 0 Å². The molecule has 1 amide bonds. The Hall–Kier alpha value is -2.28. The molecule has 0 spiro atoms. The van der Waals surface area contributed by atoms with Crippen molar-refractivity contribution >= 4 is 11.6 Å². The third-order valence-corrected chi connectivity index (χ3v) is 4.52. The van der Waals surface area contributed by atoms with E-state index in [1.54, 1.807) is 24.5 Å². The van der Waals surface area contributed by atoms with Gasteiger partial charge in [0.2, 0.25) is 0 Å². The number of nitrogens with one attached hydrogen (secondary N) is 1. The van der Waals surface area contributed by atoms with E-state index >= 15 is 0 Å². The van der Waals surface area contributed by atoms with Gasteiger partial charge in [-0.3, -0.25) is 14.7 Å². The van der Waals surface area contributed by atoms with Gasteiger partial charge in [0.1, 0.15) is 0 Å². The van der Waals surface area contributed by atoms with Crippen molar-refractivity contribution in [2.24, 2.45) is 0 Å². The zero-order valence-corrected chi connectivity index (χ0v) is 14.5. The smallest absolute Gasteiger partial charge is 0.255 e. The highest BCUT2D eigenvalue weighted by atomic mass is 16.3. The van der Waals surface area contributed by atoms with Crippen molar-refractivity contribution in [3.63, 3.8) is 0 Å². The number of nitrogens with zero attached hydrogens (tertiary/aromatic N) is 3. The Kier molecular flexibility index (Phi) is 5.75. The van der Waals surface area contributed by atoms with Crippen molar-refractivity contribution in [3.05, 3.63) is 59.4 Å². The molecule has 0 bridgehead atoms. The van der Waals surface area contributed by atoms with Crippen LogP contribution in [0.4, 0.5) is 5.69 Å². The number of pyridine rings is 1. The molecule has 2 aromatic rings. The minimum atomic E-state index is -0.192. The van der Waals surface area contributed by atoms with Gasteiger partial charge >= 0.3 is 0 Å². The van der Waals surface area contributed by atoms with Gasteiger partial charge in [0.05, 0.1) is 18.5 Å². The van der Waals surface area contributed by atoms with Crippen LogP contribution in [0.15, 0.2) is 42.7 Å². The summed E-state index contributed by atoms with van der Waals surface area (Å²) in [5, 5.41) is 12.2. The zero-order chi connectivity index (χ0) is 17.6. The number of aromatic nitrogens is 1. The highest BCUT2D eigenvalue weighted by Gasteiger charge is 2.15. The number of carbonyl (C=O) groups is 1. The molecule has 132 valence electrons. The number of aliphatic hydroxyl groups is 1. The molecule has 0 unspecified atom stereocenters. The van der Waals surface area contributed by atoms with Gasteiger partial charge in [-0.25, -0.2) is 0 Å². The van der Waals surface area contributed by atoms with E-state index in [9.17, 15) is 9.90 Å². The predicted octanol–water partition coefficient (Wildman–Crippen LogP) is 1.57. The van der Waals surface area contributed by atoms with Crippen LogP contribution in [0.25, 0.3) is 0 Å². The number of piperazine rings is 1. The Morgan fingerprint density at radius 1 is 1.24 bits per heavy atom. The number of likely N-dealkylation sites (N-methyl/N-ethyl adjacent to an activating group) is 1. The fourth-order valence-electron chi connectivity index (χ4n) is 2.94. The number of aliphatic hydroxyl groups excluding tert-OH is 1. The van der Waals surface area contributed by atoms with Crippen molar-refractivity contribution < 1.29 is 9.90 Å². The molecule has 2 N–H and O–H groups in total. The van der Waals surface area contributed by atoms with Crippen molar-refractivity contribution in [3.8, 4) is 0 Å². The molecular formula is C19H24N4O2. The fourth-order valence-corrected chi connectivity index (χ4v) is 2.94. The molecule has 1 aliphatic heterocycles. The number of rotatable bonds is 5. The van der Waals surface area contributed by atoms with Gasteiger partial charge in [-0.05, 0) is 30.8 Å². The molecule has 3 rings (SSSR count). The first-order valence-corrected chi connectivity index (χ1v) is 8.50. The van der Waals surface area contributed by atoms with Crippen molar-refractivity contribution in [2.75, 3.05) is 38.5 Å². The second kappa shape index (κ2) is 8.20. The van der Waals surface area contributed by atoms with Crippen LogP contribution in [0.2, 0.25) is 0 Å². The maximum absolute atomic E-state index is 12.5. The lowest BCUT2D eigenvalue weighted by Gasteiger charge is -2.32. The molecule has 25 heavy (non-hydrogen) atoms. The monoisotopic (exact) mass is 340 g/mol. The Morgan fingerprint density at radius 2 is 2.04 bits per heavy atom. The summed E-state index contributed by atoms with van der Waals surface area (Å²) in [5.74, 6) is -0.192. The molecule has 1 fully saturated rings. The quantitative estimate of drug-likeness (QED) is 0.865. The van der Waals surface area contributed by atoms with Crippen LogP contribution in [-0.4, -0.2) is 59.0 Å². The molecule has 2 heterocycles. The standard InChI is InChI=1S/C19H24N4O2/c1-22-7-9-23(10-8-22)13-15-3-2-4-16(11-15)19(25)21-18-12-20-6-5-17(18)14-24/h2-6,11-12,24H,7-10,13-14H2,1H3,(H,21,25). The fraction of sp³-hybridized carbons (Fsp3) is 0.368. The number of hydrogen-bond donors (Lipinski definition) is 2. The van der Waals surface area contributed by atoms with Crippen LogP contribution in [0.5, 0.6) is 0 Å². The molecular weight excluding hydrogens is 316 g/mol. The van der Waals surface area contributed by atoms with E-state index in [1.807, 2.05) is 12.1 Å². The zero-order valence-electron chi connectivity index (χ0n) is 14.5. The third-order valence-electron chi connectivity index (χ3n) is 4.52. The highest BCUT2D eigenvalue weighted by molar-refractivity contribution is 6.04. The summed E-state index contributed by atoms with van der Waals surface area (Å²) in [6, 6.07) is 9.40. The normalized spacial score (nSPS) is 15.9. The van der Waals surface area contributed by atoms with Crippen molar-refractivity contribution in [2.45, 2.75) is 13.2 Å². The Balaban J connectivity index is 1.67. The summed E-state index contributed by atoms with van der Waals surface area (Å²) in [6.07, 6.45) is 3.15. The molecule has 1 aliphatic rings. The first kappa shape index (κ1) is 17.5. The van der Waals surface area contributed by atoms with Gasteiger partial charge in [0, 0.05) is 50.0 Å². The van der Waals surface area contributed by atoms with Gasteiger partial charge in [0.25, 0.3) is 5.91 Å². The second-order valence-corrected chi connectivity index (χ2v) is 6.42. The van der Waals surface area contributed by atoms with Crippen molar-refractivity contribution in [1.82, 2.24) is 14.8 Å². The number of amides is 1. The average molecular weight is 340 g/mol. The lowest BCUT2D eigenvalue weighted by Crippen LogP contribution is -2.43. The van der Waals surface area contributed by atoms with Gasteiger partial charge in [-0.1, -0.05) is 12.1 Å². The summed E-state index contributed by atoms with van der Waals surface area (Å²) in [4.78, 5) is 21.3. The van der Waals surface area contributed by atoms with Crippen LogP contribution in [0.1, 0.15) is 21.5 Å². The minimum absolute atomic E-state index is 0.137. The van der Waals surface area contributed by atoms with Crippen molar-refractivity contribution in [1.29, 1.82) is 0 Å². The van der Waals surface area contributed by atoms with E-state index < -0.39 is 0 Å². The maximum atomic E-state index is 12.5. The number of benzene rings is 1. The molecule has 0 aliphatic carbocycles. The van der Waals surface area contributed by atoms with E-state index in [4.69, 9.17) is 0 Å². The first-order chi connectivity index (χ1) is 12.2. The second-order valence-electron chi connectivity index (χ2n) is 6.42. The molecule has 6 heteroatoms. The largest absolute Gasteiger partial charge is 0.392 e. The number of hydrogen-bond acceptors (Lipinski definition) is 5. The van der Waals surface area contributed by atoms with Gasteiger partial charge in [-0.2, -0.15) is 0 Å². The number of anilines is 1. The Bertz CT molecular complexity index is 727. The van der Waals surface area contributed by atoms with Crippen LogP contribution < -0.4 is 5.32 Å². The maximum Gasteiger partial charge on any atom is 0.255 e. The molecule has 0 radical (unpaired) electrons. The van der Waals surface area contributed by atoms with Crippen LogP contribution >= 0.6 is 0 Å². The lowest BCUT2D eigenvalue weighted by molar-refractivity contribution is 0.102. The van der Waals surface area contributed by atoms with E-state index in [0.717, 1.165) is 38.3 Å². The Morgan fingerprint density at radius 3 is 2.80 bits per heavy atom. The first-order valence-electron chi connectivity index (χ1n) is 8.50. The van der Waals surface area contributed by atoms with Gasteiger partial charge < -0.3 is 15.3 Å². The molecule has 1 saturated heterocycles.